The molecule has 4 heteroatoms. The van der Waals surface area contributed by atoms with Crippen LogP contribution < -0.4 is 14.4 Å². The molecule has 0 aromatic heterocycles. The van der Waals surface area contributed by atoms with Gasteiger partial charge in [-0.25, -0.2) is 0 Å². The third kappa shape index (κ3) is 6.00. The fourth-order valence-electron chi connectivity index (χ4n) is 3.44. The van der Waals surface area contributed by atoms with E-state index in [-0.39, 0.29) is 0 Å². The normalized spacial score (nSPS) is 10.8. The average molecular weight is 391 g/mol. The molecule has 0 aliphatic heterocycles. The predicted molar refractivity (Wildman–Crippen MR) is 120 cm³/mol. The van der Waals surface area contributed by atoms with Crippen LogP contribution in [0, 0.1) is 0 Å². The van der Waals surface area contributed by atoms with Gasteiger partial charge in [0.1, 0.15) is 11.5 Å². The number of benzene rings is 3. The van der Waals surface area contributed by atoms with Crippen LogP contribution in [0.2, 0.25) is 0 Å². The zero-order valence-electron chi connectivity index (χ0n) is 17.8. The van der Waals surface area contributed by atoms with Crippen molar-refractivity contribution < 1.29 is 9.47 Å². The Labute approximate surface area is 174 Å². The third-order valence-electron chi connectivity index (χ3n) is 4.79. The van der Waals surface area contributed by atoms with Gasteiger partial charge in [0.05, 0.1) is 14.2 Å². The molecule has 0 saturated heterocycles. The SMILES string of the molecule is COc1cccc(CN(Cc2cccc(OC)c2)c2cccc(CN(C)C)c2)c1. The van der Waals surface area contributed by atoms with Crippen molar-refractivity contribution in [1.29, 1.82) is 0 Å². The highest BCUT2D eigenvalue weighted by Gasteiger charge is 2.11. The van der Waals surface area contributed by atoms with Crippen LogP contribution in [0.3, 0.4) is 0 Å². The molecular weight excluding hydrogens is 360 g/mol. The Hall–Kier alpha value is -2.98. The summed E-state index contributed by atoms with van der Waals surface area (Å²) in [5.74, 6) is 1.76. The van der Waals surface area contributed by atoms with E-state index in [1.54, 1.807) is 14.2 Å². The number of rotatable bonds is 9. The van der Waals surface area contributed by atoms with Gasteiger partial charge in [-0.3, -0.25) is 0 Å². The zero-order chi connectivity index (χ0) is 20.6. The molecule has 0 spiro atoms. The first-order chi connectivity index (χ1) is 14.1. The lowest BCUT2D eigenvalue weighted by Crippen LogP contribution is -2.22. The van der Waals surface area contributed by atoms with Crippen molar-refractivity contribution in [3.8, 4) is 11.5 Å². The highest BCUT2D eigenvalue weighted by molar-refractivity contribution is 5.50. The van der Waals surface area contributed by atoms with E-state index in [0.717, 1.165) is 31.1 Å². The summed E-state index contributed by atoms with van der Waals surface area (Å²) in [5, 5.41) is 0. The topological polar surface area (TPSA) is 24.9 Å². The third-order valence-corrected chi connectivity index (χ3v) is 4.79. The zero-order valence-corrected chi connectivity index (χ0v) is 17.8. The Balaban J connectivity index is 1.91. The molecule has 3 aromatic rings. The molecule has 0 bridgehead atoms. The highest BCUT2D eigenvalue weighted by Crippen LogP contribution is 2.24. The summed E-state index contributed by atoms with van der Waals surface area (Å²) in [6.45, 7) is 2.50. The Morgan fingerprint density at radius 1 is 0.621 bits per heavy atom. The van der Waals surface area contributed by atoms with E-state index in [9.17, 15) is 0 Å². The maximum atomic E-state index is 5.41. The summed E-state index contributed by atoms with van der Waals surface area (Å²) in [7, 11) is 7.60. The van der Waals surface area contributed by atoms with Gasteiger partial charge in [0.15, 0.2) is 0 Å². The molecule has 0 saturated carbocycles. The van der Waals surface area contributed by atoms with Crippen LogP contribution in [0.5, 0.6) is 11.5 Å². The van der Waals surface area contributed by atoms with Gasteiger partial charge in [0.2, 0.25) is 0 Å². The monoisotopic (exact) mass is 390 g/mol. The lowest BCUT2D eigenvalue weighted by molar-refractivity contribution is 0.402. The molecule has 0 heterocycles. The van der Waals surface area contributed by atoms with E-state index in [1.807, 2.05) is 24.3 Å². The molecule has 4 nitrogen and oxygen atoms in total. The number of nitrogens with zero attached hydrogens (tertiary/aromatic N) is 2. The lowest BCUT2D eigenvalue weighted by atomic mass is 10.1. The minimum atomic E-state index is 0.791. The second kappa shape index (κ2) is 9.99. The van der Waals surface area contributed by atoms with E-state index < -0.39 is 0 Å². The Bertz CT molecular complexity index is 874. The van der Waals surface area contributed by atoms with E-state index in [2.05, 4.69) is 72.4 Å². The van der Waals surface area contributed by atoms with Crippen LogP contribution in [0.1, 0.15) is 16.7 Å². The van der Waals surface area contributed by atoms with Crippen LogP contribution in [0.15, 0.2) is 72.8 Å². The lowest BCUT2D eigenvalue weighted by Gasteiger charge is -2.26. The fraction of sp³-hybridized carbons (Fsp3) is 0.280. The molecule has 0 unspecified atom stereocenters. The number of ether oxygens (including phenoxy) is 2. The molecular formula is C25H30N2O2. The van der Waals surface area contributed by atoms with Crippen molar-refractivity contribution >= 4 is 5.69 Å². The quantitative estimate of drug-likeness (QED) is 0.515. The summed E-state index contributed by atoms with van der Waals surface area (Å²) in [6.07, 6.45) is 0. The van der Waals surface area contributed by atoms with Gasteiger partial charge >= 0.3 is 0 Å². The van der Waals surface area contributed by atoms with Crippen molar-refractivity contribution in [3.63, 3.8) is 0 Å². The van der Waals surface area contributed by atoms with E-state index in [0.29, 0.717) is 0 Å². The molecule has 0 aliphatic carbocycles. The maximum Gasteiger partial charge on any atom is 0.119 e. The molecule has 0 amide bonds. The van der Waals surface area contributed by atoms with Gasteiger partial charge in [0.25, 0.3) is 0 Å². The summed E-state index contributed by atoms with van der Waals surface area (Å²) < 4.78 is 10.8. The first-order valence-electron chi connectivity index (χ1n) is 9.82. The molecule has 0 N–H and O–H groups in total. The van der Waals surface area contributed by atoms with Crippen molar-refractivity contribution in [1.82, 2.24) is 4.90 Å². The van der Waals surface area contributed by atoms with Crippen molar-refractivity contribution in [2.24, 2.45) is 0 Å². The van der Waals surface area contributed by atoms with E-state index in [1.165, 1.54) is 22.4 Å². The van der Waals surface area contributed by atoms with Crippen LogP contribution in [-0.4, -0.2) is 33.2 Å². The summed E-state index contributed by atoms with van der Waals surface area (Å²) in [4.78, 5) is 4.58. The second-order valence-corrected chi connectivity index (χ2v) is 7.47. The smallest absolute Gasteiger partial charge is 0.119 e. The molecule has 0 radical (unpaired) electrons. The van der Waals surface area contributed by atoms with Gasteiger partial charge < -0.3 is 19.3 Å². The largest absolute Gasteiger partial charge is 0.497 e. The minimum absolute atomic E-state index is 0.791. The summed E-state index contributed by atoms with van der Waals surface area (Å²) >= 11 is 0. The van der Waals surface area contributed by atoms with Crippen molar-refractivity contribution in [3.05, 3.63) is 89.5 Å². The molecule has 3 aromatic carbocycles. The number of hydrogen-bond acceptors (Lipinski definition) is 4. The summed E-state index contributed by atoms with van der Waals surface area (Å²) in [6, 6.07) is 25.3. The van der Waals surface area contributed by atoms with Crippen molar-refractivity contribution in [2.75, 3.05) is 33.2 Å². The van der Waals surface area contributed by atoms with Gasteiger partial charge in [0, 0.05) is 25.3 Å². The number of methoxy groups -OCH3 is 2. The number of anilines is 1. The molecule has 0 aliphatic rings. The molecule has 0 atom stereocenters. The minimum Gasteiger partial charge on any atom is -0.497 e. The van der Waals surface area contributed by atoms with Gasteiger partial charge in [-0.15, -0.1) is 0 Å². The Morgan fingerprint density at radius 3 is 1.59 bits per heavy atom. The first kappa shape index (κ1) is 20.7. The molecule has 152 valence electrons. The standard InChI is InChI=1S/C25H30N2O2/c1-26(2)17-20-8-5-11-23(14-20)27(18-21-9-6-12-24(15-21)28-3)19-22-10-7-13-25(16-22)29-4/h5-16H,17-19H2,1-4H3. The number of hydrogen-bond donors (Lipinski definition) is 0. The first-order valence-corrected chi connectivity index (χ1v) is 9.82. The van der Waals surface area contributed by atoms with Gasteiger partial charge in [-0.05, 0) is 67.2 Å². The average Bonchev–Trinajstić information content (AvgIpc) is 2.73. The Kier molecular flexibility index (Phi) is 7.14. The van der Waals surface area contributed by atoms with E-state index in [4.69, 9.17) is 9.47 Å². The van der Waals surface area contributed by atoms with E-state index >= 15 is 0 Å². The molecule has 3 rings (SSSR count). The second-order valence-electron chi connectivity index (χ2n) is 7.47. The van der Waals surface area contributed by atoms with Crippen LogP contribution >= 0.6 is 0 Å². The van der Waals surface area contributed by atoms with Gasteiger partial charge in [-0.2, -0.15) is 0 Å². The van der Waals surface area contributed by atoms with Crippen LogP contribution in [0.4, 0.5) is 5.69 Å². The van der Waals surface area contributed by atoms with Crippen molar-refractivity contribution in [2.45, 2.75) is 19.6 Å². The van der Waals surface area contributed by atoms with Crippen LogP contribution in [-0.2, 0) is 19.6 Å². The van der Waals surface area contributed by atoms with Gasteiger partial charge in [-0.1, -0.05) is 36.4 Å². The maximum absolute atomic E-state index is 5.41. The Morgan fingerprint density at radius 2 is 1.10 bits per heavy atom. The summed E-state index contributed by atoms with van der Waals surface area (Å²) in [5.41, 5.74) is 4.93. The predicted octanol–water partition coefficient (Wildman–Crippen LogP) is 4.97. The molecule has 29 heavy (non-hydrogen) atoms. The van der Waals surface area contributed by atoms with Crippen LogP contribution in [0.25, 0.3) is 0 Å². The highest BCUT2D eigenvalue weighted by atomic mass is 16.5. The fourth-order valence-corrected chi connectivity index (χ4v) is 3.44. The molecule has 0 fully saturated rings.